The van der Waals surface area contributed by atoms with E-state index in [2.05, 4.69) is 17.1 Å². The number of amidine groups is 1. The number of carbonyl (C=O) groups excluding carboxylic acids is 1. The molecule has 0 aromatic heterocycles. The number of amides is 1. The largest absolute Gasteiger partial charge is 0.346 e. The smallest absolute Gasteiger partial charge is 0.252 e. The fourth-order valence-corrected chi connectivity index (χ4v) is 7.70. The van der Waals surface area contributed by atoms with Gasteiger partial charge in [-0.2, -0.15) is 4.99 Å². The molecule has 0 spiro atoms. The molecule has 2 aliphatic rings. The van der Waals surface area contributed by atoms with E-state index in [1.807, 2.05) is 53.4 Å². The second-order valence-corrected chi connectivity index (χ2v) is 10.5. The van der Waals surface area contributed by atoms with E-state index in [1.165, 1.54) is 17.3 Å². The van der Waals surface area contributed by atoms with E-state index in [-0.39, 0.29) is 35.1 Å². The van der Waals surface area contributed by atoms with Crippen LogP contribution in [0, 0.1) is 0 Å². The molecule has 2 aliphatic heterocycles. The Balaban J connectivity index is 1.51. The maximum absolute atomic E-state index is 12.5. The number of carbonyl (C=O) groups is 1. The van der Waals surface area contributed by atoms with Crippen molar-refractivity contribution in [3.63, 3.8) is 0 Å². The minimum absolute atomic E-state index is 0.0379. The Bertz CT molecular complexity index is 975. The van der Waals surface area contributed by atoms with Gasteiger partial charge in [-0.15, -0.1) is 0 Å². The van der Waals surface area contributed by atoms with Crippen molar-refractivity contribution in [2.75, 3.05) is 18.1 Å². The molecule has 2 aromatic rings. The molecule has 4 rings (SSSR count). The molecule has 0 radical (unpaired) electrons. The van der Waals surface area contributed by atoms with E-state index in [4.69, 9.17) is 0 Å². The van der Waals surface area contributed by atoms with Gasteiger partial charge in [0.1, 0.15) is 0 Å². The molecule has 2 saturated heterocycles. The predicted molar refractivity (Wildman–Crippen MR) is 113 cm³/mol. The van der Waals surface area contributed by atoms with Gasteiger partial charge < -0.3 is 4.90 Å². The molecule has 7 heteroatoms. The van der Waals surface area contributed by atoms with Gasteiger partial charge in [0.25, 0.3) is 5.91 Å². The van der Waals surface area contributed by atoms with E-state index in [0.717, 1.165) is 12.0 Å². The van der Waals surface area contributed by atoms with Crippen LogP contribution in [0.25, 0.3) is 0 Å². The highest BCUT2D eigenvalue weighted by atomic mass is 32.2. The molecule has 2 aromatic carbocycles. The van der Waals surface area contributed by atoms with Crippen LogP contribution in [0.4, 0.5) is 0 Å². The summed E-state index contributed by atoms with van der Waals surface area (Å²) < 4.78 is 24.2. The molecule has 0 bridgehead atoms. The molecule has 28 heavy (non-hydrogen) atoms. The third-order valence-electron chi connectivity index (χ3n) is 5.08. The first-order chi connectivity index (χ1) is 13.5. The minimum atomic E-state index is -3.02. The van der Waals surface area contributed by atoms with Gasteiger partial charge in [0.05, 0.1) is 24.0 Å². The number of rotatable bonds is 5. The topological polar surface area (TPSA) is 66.8 Å². The average Bonchev–Trinajstić information content (AvgIpc) is 3.12. The van der Waals surface area contributed by atoms with Crippen molar-refractivity contribution in [2.45, 2.75) is 24.1 Å². The van der Waals surface area contributed by atoms with Gasteiger partial charge in [-0.25, -0.2) is 8.42 Å². The van der Waals surface area contributed by atoms with Crippen LogP contribution in [-0.4, -0.2) is 53.7 Å². The SMILES string of the molecule is O=C(Cc1ccccc1)N=C1S[C@@H]2CS(=O)(=O)C[C@@H]2N1CCc1ccccc1. The van der Waals surface area contributed by atoms with Gasteiger partial charge >= 0.3 is 0 Å². The van der Waals surface area contributed by atoms with Crippen LogP contribution in [0.5, 0.6) is 0 Å². The third-order valence-corrected chi connectivity index (χ3v) is 8.33. The third kappa shape index (κ3) is 4.47. The van der Waals surface area contributed by atoms with Gasteiger partial charge in [0.15, 0.2) is 15.0 Å². The minimum Gasteiger partial charge on any atom is -0.346 e. The molecular weight excluding hydrogens is 392 g/mol. The lowest BCUT2D eigenvalue weighted by molar-refractivity contribution is -0.117. The van der Waals surface area contributed by atoms with Crippen LogP contribution in [0.15, 0.2) is 65.7 Å². The Morgan fingerprint density at radius 1 is 1.00 bits per heavy atom. The predicted octanol–water partition coefficient (Wildman–Crippen LogP) is 2.57. The molecule has 2 heterocycles. The lowest BCUT2D eigenvalue weighted by Crippen LogP contribution is -2.39. The Morgan fingerprint density at radius 3 is 2.32 bits per heavy atom. The van der Waals surface area contributed by atoms with Crippen molar-refractivity contribution >= 4 is 32.7 Å². The average molecular weight is 415 g/mol. The normalized spacial score (nSPS) is 24.4. The van der Waals surface area contributed by atoms with Crippen LogP contribution < -0.4 is 0 Å². The molecule has 2 fully saturated rings. The molecule has 5 nitrogen and oxygen atoms in total. The second kappa shape index (κ2) is 8.09. The lowest BCUT2D eigenvalue weighted by atomic mass is 10.1. The number of fused-ring (bicyclic) bond motifs is 1. The van der Waals surface area contributed by atoms with Crippen LogP contribution in [0.1, 0.15) is 11.1 Å². The summed E-state index contributed by atoms with van der Waals surface area (Å²) in [7, 11) is -3.02. The van der Waals surface area contributed by atoms with Gasteiger partial charge in [-0.1, -0.05) is 72.4 Å². The van der Waals surface area contributed by atoms with Crippen molar-refractivity contribution < 1.29 is 13.2 Å². The number of hydrogen-bond donors (Lipinski definition) is 0. The Labute approximate surface area is 169 Å². The fraction of sp³-hybridized carbons (Fsp3) is 0.333. The molecule has 0 N–H and O–H groups in total. The lowest BCUT2D eigenvalue weighted by Gasteiger charge is -2.24. The van der Waals surface area contributed by atoms with Gasteiger partial charge in [0, 0.05) is 11.8 Å². The molecule has 0 aliphatic carbocycles. The first kappa shape index (κ1) is 19.2. The molecule has 0 saturated carbocycles. The molecule has 0 unspecified atom stereocenters. The summed E-state index contributed by atoms with van der Waals surface area (Å²) >= 11 is 1.44. The highest BCUT2D eigenvalue weighted by Crippen LogP contribution is 2.38. The van der Waals surface area contributed by atoms with E-state index < -0.39 is 9.84 Å². The number of aliphatic imine (C=N–C) groups is 1. The van der Waals surface area contributed by atoms with Gasteiger partial charge in [-0.05, 0) is 17.5 Å². The van der Waals surface area contributed by atoms with Crippen LogP contribution >= 0.6 is 11.8 Å². The molecule has 2 atom stereocenters. The summed E-state index contributed by atoms with van der Waals surface area (Å²) in [5, 5.41) is 0.630. The Morgan fingerprint density at radius 2 is 1.64 bits per heavy atom. The highest BCUT2D eigenvalue weighted by molar-refractivity contribution is 8.15. The maximum atomic E-state index is 12.5. The highest BCUT2D eigenvalue weighted by Gasteiger charge is 2.48. The summed E-state index contributed by atoms with van der Waals surface area (Å²) in [6.07, 6.45) is 1.04. The number of sulfone groups is 1. The van der Waals surface area contributed by atoms with Crippen molar-refractivity contribution in [2.24, 2.45) is 4.99 Å². The zero-order chi connectivity index (χ0) is 19.6. The van der Waals surface area contributed by atoms with E-state index in [0.29, 0.717) is 11.7 Å². The van der Waals surface area contributed by atoms with Gasteiger partial charge in [0.2, 0.25) is 0 Å². The Kier molecular flexibility index (Phi) is 5.55. The molecular formula is C21H22N2O3S2. The van der Waals surface area contributed by atoms with Crippen molar-refractivity contribution in [3.05, 3.63) is 71.8 Å². The number of hydrogen-bond acceptors (Lipinski definition) is 4. The van der Waals surface area contributed by atoms with E-state index >= 15 is 0 Å². The Hall–Kier alpha value is -2.12. The van der Waals surface area contributed by atoms with Crippen LogP contribution in [-0.2, 0) is 27.5 Å². The summed E-state index contributed by atoms with van der Waals surface area (Å²) in [5.74, 6) is 0.114. The van der Waals surface area contributed by atoms with Crippen LogP contribution in [0.3, 0.4) is 0 Å². The zero-order valence-electron chi connectivity index (χ0n) is 15.4. The molecule has 1 amide bonds. The van der Waals surface area contributed by atoms with E-state index in [9.17, 15) is 13.2 Å². The summed E-state index contributed by atoms with van der Waals surface area (Å²) in [4.78, 5) is 18.9. The summed E-state index contributed by atoms with van der Waals surface area (Å²) in [6.45, 7) is 0.658. The number of thioether (sulfide) groups is 1. The second-order valence-electron chi connectivity index (χ2n) is 7.18. The molecule has 146 valence electrons. The zero-order valence-corrected chi connectivity index (χ0v) is 17.0. The monoisotopic (exact) mass is 414 g/mol. The quantitative estimate of drug-likeness (QED) is 0.752. The standard InChI is InChI=1S/C21H22N2O3S2/c24-20(13-17-9-5-2-6-10-17)22-21-23(12-11-16-7-3-1-4-8-16)18-14-28(25,26)15-19(18)27-21/h1-10,18-19H,11-15H2/t18-,19+/m0/s1. The first-order valence-corrected chi connectivity index (χ1v) is 12.0. The fourth-order valence-electron chi connectivity index (χ4n) is 3.71. The summed E-state index contributed by atoms with van der Waals surface area (Å²) in [5.41, 5.74) is 2.12. The van der Waals surface area contributed by atoms with E-state index in [1.54, 1.807) is 0 Å². The van der Waals surface area contributed by atoms with Crippen LogP contribution in [0.2, 0.25) is 0 Å². The number of nitrogens with zero attached hydrogens (tertiary/aromatic N) is 2. The van der Waals surface area contributed by atoms with Crippen molar-refractivity contribution in [1.82, 2.24) is 4.90 Å². The number of benzene rings is 2. The van der Waals surface area contributed by atoms with Crippen molar-refractivity contribution in [3.8, 4) is 0 Å². The summed E-state index contributed by atoms with van der Waals surface area (Å²) in [6, 6.07) is 19.5. The first-order valence-electron chi connectivity index (χ1n) is 9.33. The maximum Gasteiger partial charge on any atom is 0.252 e. The van der Waals surface area contributed by atoms with Gasteiger partial charge in [-0.3, -0.25) is 4.79 Å². The van der Waals surface area contributed by atoms with Crippen molar-refractivity contribution in [1.29, 1.82) is 0 Å².